The summed E-state index contributed by atoms with van der Waals surface area (Å²) in [6.45, 7) is 6.04. The lowest BCUT2D eigenvalue weighted by Crippen LogP contribution is -2.31. The molecule has 1 amide bonds. The molecule has 5 nitrogen and oxygen atoms in total. The van der Waals surface area contributed by atoms with Crippen molar-refractivity contribution in [1.29, 1.82) is 0 Å². The van der Waals surface area contributed by atoms with E-state index < -0.39 is 0 Å². The Hall–Kier alpha value is -1.69. The van der Waals surface area contributed by atoms with E-state index in [4.69, 9.17) is 18.0 Å². The van der Waals surface area contributed by atoms with Crippen molar-refractivity contribution in [2.75, 3.05) is 25.0 Å². The van der Waals surface area contributed by atoms with Gasteiger partial charge in [-0.05, 0) is 26.0 Å². The Morgan fingerprint density at radius 1 is 1.42 bits per heavy atom. The smallest absolute Gasteiger partial charge is 0.224 e. The molecule has 0 unspecified atom stereocenters. The molecule has 0 radical (unpaired) electrons. The molecule has 0 aliphatic rings. The van der Waals surface area contributed by atoms with E-state index in [9.17, 15) is 4.79 Å². The second-order valence-electron chi connectivity index (χ2n) is 4.04. The molecular formula is C13H20N4OS. The summed E-state index contributed by atoms with van der Waals surface area (Å²) in [5, 5.41) is 3.15. The van der Waals surface area contributed by atoms with Crippen LogP contribution in [0.1, 0.15) is 26.0 Å². The first-order chi connectivity index (χ1) is 9.08. The fraction of sp³-hybridized carbons (Fsp3) is 0.462. The summed E-state index contributed by atoms with van der Waals surface area (Å²) in [5.74, 6) is 0.158. The third-order valence-corrected chi connectivity index (χ3v) is 3.01. The minimum Gasteiger partial charge on any atom is -0.388 e. The van der Waals surface area contributed by atoms with Gasteiger partial charge in [-0.25, -0.2) is 0 Å². The van der Waals surface area contributed by atoms with Crippen LogP contribution in [0.4, 0.5) is 5.69 Å². The number of thiocarbonyl (C=S) groups is 1. The molecule has 1 rings (SSSR count). The third-order valence-electron chi connectivity index (χ3n) is 2.80. The van der Waals surface area contributed by atoms with Gasteiger partial charge in [0, 0.05) is 26.1 Å². The Morgan fingerprint density at radius 3 is 2.58 bits per heavy atom. The number of rotatable bonds is 7. The van der Waals surface area contributed by atoms with Gasteiger partial charge in [-0.2, -0.15) is 0 Å². The van der Waals surface area contributed by atoms with Crippen LogP contribution in [0.25, 0.3) is 0 Å². The molecule has 0 saturated carbocycles. The Kier molecular flexibility index (Phi) is 6.21. The fourth-order valence-corrected chi connectivity index (χ4v) is 1.81. The molecule has 1 heterocycles. The molecule has 0 saturated heterocycles. The molecule has 104 valence electrons. The molecule has 19 heavy (non-hydrogen) atoms. The van der Waals surface area contributed by atoms with Crippen LogP contribution in [0, 0.1) is 0 Å². The number of pyridine rings is 1. The van der Waals surface area contributed by atoms with Crippen molar-refractivity contribution in [3.05, 3.63) is 24.0 Å². The van der Waals surface area contributed by atoms with Crippen LogP contribution in [0.2, 0.25) is 0 Å². The van der Waals surface area contributed by atoms with Crippen molar-refractivity contribution in [3.63, 3.8) is 0 Å². The van der Waals surface area contributed by atoms with E-state index in [1.165, 1.54) is 0 Å². The molecule has 0 aromatic carbocycles. The zero-order valence-corrected chi connectivity index (χ0v) is 12.2. The fourth-order valence-electron chi connectivity index (χ4n) is 1.69. The number of aromatic nitrogens is 1. The predicted molar refractivity (Wildman–Crippen MR) is 81.2 cm³/mol. The maximum absolute atomic E-state index is 11.8. The van der Waals surface area contributed by atoms with Crippen molar-refractivity contribution < 1.29 is 4.79 Å². The Balaban J connectivity index is 2.41. The van der Waals surface area contributed by atoms with Crippen molar-refractivity contribution in [2.45, 2.75) is 20.3 Å². The van der Waals surface area contributed by atoms with E-state index in [-0.39, 0.29) is 10.9 Å². The highest BCUT2D eigenvalue weighted by atomic mass is 32.1. The average Bonchev–Trinajstić information content (AvgIpc) is 2.40. The minimum absolute atomic E-state index is 0.158. The van der Waals surface area contributed by atoms with Crippen molar-refractivity contribution in [3.8, 4) is 0 Å². The first-order valence-electron chi connectivity index (χ1n) is 6.36. The summed E-state index contributed by atoms with van der Waals surface area (Å²) >= 11 is 4.83. The van der Waals surface area contributed by atoms with Gasteiger partial charge >= 0.3 is 0 Å². The van der Waals surface area contributed by atoms with E-state index in [1.54, 1.807) is 12.3 Å². The highest BCUT2D eigenvalue weighted by Gasteiger charge is 2.08. The van der Waals surface area contributed by atoms with Crippen LogP contribution in [0.15, 0.2) is 18.3 Å². The van der Waals surface area contributed by atoms with Gasteiger partial charge in [-0.15, -0.1) is 0 Å². The quantitative estimate of drug-likeness (QED) is 0.739. The van der Waals surface area contributed by atoms with Crippen LogP contribution < -0.4 is 11.1 Å². The SMILES string of the molecule is CCN(CC)C(=O)CCNc1ccc(C(N)=S)nc1. The van der Waals surface area contributed by atoms with E-state index in [1.807, 2.05) is 24.8 Å². The van der Waals surface area contributed by atoms with Crippen molar-refractivity contribution in [2.24, 2.45) is 5.73 Å². The summed E-state index contributed by atoms with van der Waals surface area (Å²) in [6.07, 6.45) is 2.13. The van der Waals surface area contributed by atoms with Crippen LogP contribution in [0.3, 0.4) is 0 Å². The summed E-state index contributed by atoms with van der Waals surface area (Å²) in [6, 6.07) is 3.61. The number of nitrogens with two attached hydrogens (primary N) is 1. The summed E-state index contributed by atoms with van der Waals surface area (Å²) in [5.41, 5.74) is 6.92. The molecule has 0 bridgehead atoms. The van der Waals surface area contributed by atoms with Crippen LogP contribution in [0.5, 0.6) is 0 Å². The van der Waals surface area contributed by atoms with E-state index in [2.05, 4.69) is 10.3 Å². The van der Waals surface area contributed by atoms with Gasteiger partial charge in [0.2, 0.25) is 5.91 Å². The van der Waals surface area contributed by atoms with E-state index in [0.29, 0.717) is 18.7 Å². The van der Waals surface area contributed by atoms with Gasteiger partial charge in [0.25, 0.3) is 0 Å². The number of hydrogen-bond donors (Lipinski definition) is 2. The average molecular weight is 280 g/mol. The minimum atomic E-state index is 0.158. The Morgan fingerprint density at radius 2 is 2.11 bits per heavy atom. The first-order valence-corrected chi connectivity index (χ1v) is 6.76. The highest BCUT2D eigenvalue weighted by Crippen LogP contribution is 2.06. The normalized spacial score (nSPS) is 10.0. The van der Waals surface area contributed by atoms with E-state index in [0.717, 1.165) is 18.8 Å². The summed E-state index contributed by atoms with van der Waals surface area (Å²) in [7, 11) is 0. The van der Waals surface area contributed by atoms with Crippen LogP contribution >= 0.6 is 12.2 Å². The lowest BCUT2D eigenvalue weighted by molar-refractivity contribution is -0.130. The van der Waals surface area contributed by atoms with Gasteiger partial charge in [0.1, 0.15) is 4.99 Å². The molecule has 1 aromatic rings. The van der Waals surface area contributed by atoms with Crippen LogP contribution in [-0.2, 0) is 4.79 Å². The topological polar surface area (TPSA) is 71.2 Å². The standard InChI is InChI=1S/C13H20N4OS/c1-3-17(4-2)12(18)7-8-15-10-5-6-11(13(14)19)16-9-10/h5-6,9,15H,3-4,7-8H2,1-2H3,(H2,14,19). The number of nitrogens with one attached hydrogen (secondary N) is 1. The molecule has 6 heteroatoms. The molecule has 1 aromatic heterocycles. The van der Waals surface area contributed by atoms with Gasteiger partial charge in [0.05, 0.1) is 17.6 Å². The summed E-state index contributed by atoms with van der Waals surface area (Å²) in [4.78, 5) is 18.0. The third kappa shape index (κ3) is 4.82. The maximum Gasteiger partial charge on any atom is 0.224 e. The van der Waals surface area contributed by atoms with Gasteiger partial charge in [0.15, 0.2) is 0 Å². The highest BCUT2D eigenvalue weighted by molar-refractivity contribution is 7.80. The molecule has 0 atom stereocenters. The number of nitrogens with zero attached hydrogens (tertiary/aromatic N) is 2. The Labute approximate surface area is 119 Å². The van der Waals surface area contributed by atoms with Gasteiger partial charge in [-0.3, -0.25) is 9.78 Å². The zero-order valence-electron chi connectivity index (χ0n) is 11.3. The zero-order chi connectivity index (χ0) is 14.3. The lowest BCUT2D eigenvalue weighted by atomic mass is 10.3. The lowest BCUT2D eigenvalue weighted by Gasteiger charge is -2.18. The molecule has 0 aliphatic carbocycles. The van der Waals surface area contributed by atoms with Crippen molar-refractivity contribution >= 4 is 28.8 Å². The second kappa shape index (κ2) is 7.68. The maximum atomic E-state index is 11.8. The van der Waals surface area contributed by atoms with Crippen molar-refractivity contribution in [1.82, 2.24) is 9.88 Å². The monoisotopic (exact) mass is 280 g/mol. The largest absolute Gasteiger partial charge is 0.388 e. The number of carbonyl (C=O) groups is 1. The molecule has 0 fully saturated rings. The molecule has 0 spiro atoms. The first kappa shape index (κ1) is 15.4. The molecular weight excluding hydrogens is 260 g/mol. The Bertz CT molecular complexity index is 429. The number of amides is 1. The molecule has 3 N–H and O–H groups in total. The molecule has 0 aliphatic heterocycles. The van der Waals surface area contributed by atoms with E-state index >= 15 is 0 Å². The van der Waals surface area contributed by atoms with Gasteiger partial charge in [-0.1, -0.05) is 12.2 Å². The second-order valence-corrected chi connectivity index (χ2v) is 4.48. The number of carbonyl (C=O) groups excluding carboxylic acids is 1. The van der Waals surface area contributed by atoms with Crippen LogP contribution in [-0.4, -0.2) is 40.4 Å². The van der Waals surface area contributed by atoms with Gasteiger partial charge < -0.3 is 16.0 Å². The summed E-state index contributed by atoms with van der Waals surface area (Å²) < 4.78 is 0. The number of hydrogen-bond acceptors (Lipinski definition) is 4. The number of anilines is 1. The predicted octanol–water partition coefficient (Wildman–Crippen LogP) is 1.39.